The topological polar surface area (TPSA) is 61.4 Å². The normalized spacial score (nSPS) is 20.6. The number of benzene rings is 2. The molecule has 0 atom stereocenters. The van der Waals surface area contributed by atoms with Gasteiger partial charge in [0.05, 0.1) is 12.6 Å². The smallest absolute Gasteiger partial charge is 0.251 e. The zero-order valence-corrected chi connectivity index (χ0v) is 23.1. The van der Waals surface area contributed by atoms with Gasteiger partial charge in [0.25, 0.3) is 11.8 Å². The second-order valence-electron chi connectivity index (χ2n) is 11.9. The van der Waals surface area contributed by atoms with Crippen molar-refractivity contribution in [3.63, 3.8) is 0 Å². The van der Waals surface area contributed by atoms with Crippen LogP contribution in [0.4, 0.5) is 0 Å². The highest BCUT2D eigenvalue weighted by atomic mass is 16.2. The van der Waals surface area contributed by atoms with E-state index in [-0.39, 0.29) is 11.8 Å². The molecule has 0 aromatic heterocycles. The van der Waals surface area contributed by atoms with Crippen molar-refractivity contribution in [2.45, 2.75) is 59.7 Å². The summed E-state index contributed by atoms with van der Waals surface area (Å²) in [6.45, 7) is 16.1. The first kappa shape index (κ1) is 27.3. The van der Waals surface area contributed by atoms with E-state index in [2.05, 4.69) is 67.5 Å². The largest absolute Gasteiger partial charge is 0.352 e. The highest BCUT2D eigenvalue weighted by Gasteiger charge is 2.42. The molecule has 0 aliphatic carbocycles. The zero-order valence-electron chi connectivity index (χ0n) is 23.1. The monoisotopic (exact) mass is 505 g/mol. The number of amides is 2. The van der Waals surface area contributed by atoms with Gasteiger partial charge in [-0.2, -0.15) is 0 Å². The Balaban J connectivity index is 1.59. The Morgan fingerprint density at radius 2 is 1.30 bits per heavy atom. The van der Waals surface area contributed by atoms with E-state index in [1.165, 1.54) is 37.1 Å². The molecule has 3 aliphatic rings. The van der Waals surface area contributed by atoms with E-state index in [0.29, 0.717) is 31.0 Å². The van der Waals surface area contributed by atoms with Crippen molar-refractivity contribution in [3.8, 4) is 0 Å². The van der Waals surface area contributed by atoms with E-state index in [4.69, 9.17) is 0 Å². The molecule has 0 radical (unpaired) electrons. The molecule has 3 saturated heterocycles. The van der Waals surface area contributed by atoms with Crippen molar-refractivity contribution in [1.82, 2.24) is 15.5 Å². The molecule has 0 spiro atoms. The third kappa shape index (κ3) is 7.20. The molecule has 3 aliphatic heterocycles. The van der Waals surface area contributed by atoms with E-state index in [0.717, 1.165) is 41.8 Å². The number of rotatable bonds is 10. The molecule has 3 fully saturated rings. The number of hydrogen-bond acceptors (Lipinski definition) is 3. The predicted molar refractivity (Wildman–Crippen MR) is 149 cm³/mol. The molecule has 200 valence electrons. The van der Waals surface area contributed by atoms with Gasteiger partial charge < -0.3 is 15.1 Å². The first-order valence-electron chi connectivity index (χ1n) is 14.1. The third-order valence-electron chi connectivity index (χ3n) is 7.91. The summed E-state index contributed by atoms with van der Waals surface area (Å²) < 4.78 is 0.977. The van der Waals surface area contributed by atoms with E-state index in [1.807, 2.05) is 24.3 Å². The number of fused-ring (bicyclic) bond motifs is 4. The highest BCUT2D eigenvalue weighted by molar-refractivity contribution is 5.94. The molecule has 0 unspecified atom stereocenters. The van der Waals surface area contributed by atoms with Crippen LogP contribution < -0.4 is 10.6 Å². The Kier molecular flexibility index (Phi) is 9.04. The minimum atomic E-state index is 0.00474. The molecule has 2 bridgehead atoms. The van der Waals surface area contributed by atoms with Crippen molar-refractivity contribution < 1.29 is 14.1 Å². The van der Waals surface area contributed by atoms with Gasteiger partial charge in [0.2, 0.25) is 0 Å². The summed E-state index contributed by atoms with van der Waals surface area (Å²) >= 11 is 0. The minimum absolute atomic E-state index is 0.00474. The summed E-state index contributed by atoms with van der Waals surface area (Å²) in [5.41, 5.74) is 3.90. The summed E-state index contributed by atoms with van der Waals surface area (Å²) in [5, 5.41) is 6.12. The molecule has 2 N–H and O–H groups in total. The molecule has 2 amide bonds. The number of carbonyl (C=O) groups excluding carboxylic acids is 2. The molecular weight excluding hydrogens is 460 g/mol. The van der Waals surface area contributed by atoms with Crippen molar-refractivity contribution in [2.24, 2.45) is 11.8 Å². The van der Waals surface area contributed by atoms with Gasteiger partial charge >= 0.3 is 0 Å². The number of nitrogens with zero attached hydrogens (tertiary/aromatic N) is 2. The number of hydrogen-bond donors (Lipinski definition) is 2. The predicted octanol–water partition coefficient (Wildman–Crippen LogP) is 4.45. The highest BCUT2D eigenvalue weighted by Crippen LogP contribution is 2.33. The summed E-state index contributed by atoms with van der Waals surface area (Å²) in [5.74, 6) is 0.855. The van der Waals surface area contributed by atoms with Gasteiger partial charge in [-0.1, -0.05) is 52.0 Å². The minimum Gasteiger partial charge on any atom is -0.352 e. The molecule has 2 aromatic carbocycles. The van der Waals surface area contributed by atoms with Crippen molar-refractivity contribution in [2.75, 3.05) is 39.3 Å². The number of carbonyl (C=O) groups is 2. The molecule has 6 nitrogen and oxygen atoms in total. The second-order valence-corrected chi connectivity index (χ2v) is 11.9. The van der Waals surface area contributed by atoms with Gasteiger partial charge in [-0.3, -0.25) is 14.5 Å². The lowest BCUT2D eigenvalue weighted by atomic mass is 9.98. The lowest BCUT2D eigenvalue weighted by molar-refractivity contribution is -0.973. The van der Waals surface area contributed by atoms with Crippen molar-refractivity contribution in [3.05, 3.63) is 70.8 Å². The lowest BCUT2D eigenvalue weighted by Gasteiger charge is -2.44. The van der Waals surface area contributed by atoms with Gasteiger partial charge in [0.1, 0.15) is 13.1 Å². The van der Waals surface area contributed by atoms with Crippen LogP contribution >= 0.6 is 0 Å². The number of nitrogens with one attached hydrogen (secondary N) is 2. The van der Waals surface area contributed by atoms with Crippen LogP contribution in [0, 0.1) is 11.8 Å². The van der Waals surface area contributed by atoms with Crippen LogP contribution in [0.1, 0.15) is 72.4 Å². The van der Waals surface area contributed by atoms with Crippen LogP contribution in [0.2, 0.25) is 0 Å². The van der Waals surface area contributed by atoms with E-state index in [9.17, 15) is 9.59 Å². The first-order valence-corrected chi connectivity index (χ1v) is 14.1. The summed E-state index contributed by atoms with van der Waals surface area (Å²) in [6, 6.07) is 17.0. The number of quaternary nitrogens is 1. The Hall–Kier alpha value is -2.70. The fourth-order valence-electron chi connectivity index (χ4n) is 5.83. The number of piperidine rings is 1. The second kappa shape index (κ2) is 12.2. The molecule has 0 saturated carbocycles. The standard InChI is InChI=1S/C31H44N4O2/c1-23(2)19-32-30(36)27-9-5-7-25(17-27)21-35(16-15-34-13-11-29(35)12-14-34)22-26-8-6-10-28(18-26)31(37)33-20-24(3)4/h5-10,17-18,23-24,29H,11-16,19-22H2,1-4H3,(H-,32,33,36,37)/p+1. The van der Waals surface area contributed by atoms with Crippen LogP contribution in [-0.2, 0) is 13.1 Å². The molecule has 6 heteroatoms. The Bertz CT molecular complexity index is 1000. The third-order valence-corrected chi connectivity index (χ3v) is 7.91. The fourth-order valence-corrected chi connectivity index (χ4v) is 5.83. The Morgan fingerprint density at radius 3 is 1.76 bits per heavy atom. The van der Waals surface area contributed by atoms with E-state index < -0.39 is 0 Å². The van der Waals surface area contributed by atoms with Crippen LogP contribution in [0.5, 0.6) is 0 Å². The van der Waals surface area contributed by atoms with Crippen LogP contribution in [0.3, 0.4) is 0 Å². The molecular formula is C31H45N4O2+. The average molecular weight is 506 g/mol. The maximum absolute atomic E-state index is 12.8. The quantitative estimate of drug-likeness (QED) is 0.469. The molecule has 3 heterocycles. The van der Waals surface area contributed by atoms with E-state index >= 15 is 0 Å². The van der Waals surface area contributed by atoms with Crippen molar-refractivity contribution >= 4 is 11.8 Å². The van der Waals surface area contributed by atoms with Gasteiger partial charge in [-0.05, 0) is 36.1 Å². The molecule has 2 aromatic rings. The SMILES string of the molecule is CC(C)CNC(=O)c1cccc(C[N+]2(Cc3cccc(C(=O)NCC(C)C)c3)CCN3CCC2CC3)c1. The van der Waals surface area contributed by atoms with E-state index in [1.54, 1.807) is 0 Å². The Morgan fingerprint density at radius 1 is 0.811 bits per heavy atom. The average Bonchev–Trinajstić information content (AvgIpc) is 3.15. The van der Waals surface area contributed by atoms with Crippen LogP contribution in [0.25, 0.3) is 0 Å². The van der Waals surface area contributed by atoms with Crippen LogP contribution in [-0.4, -0.2) is 66.5 Å². The zero-order chi connectivity index (χ0) is 26.4. The van der Waals surface area contributed by atoms with Gasteiger partial charge in [-0.25, -0.2) is 0 Å². The molecule has 37 heavy (non-hydrogen) atoms. The maximum Gasteiger partial charge on any atom is 0.251 e. The summed E-state index contributed by atoms with van der Waals surface area (Å²) in [4.78, 5) is 28.2. The Labute approximate surface area is 223 Å². The lowest BCUT2D eigenvalue weighted by Crippen LogP contribution is -2.54. The first-order chi connectivity index (χ1) is 17.7. The summed E-state index contributed by atoms with van der Waals surface area (Å²) in [7, 11) is 0. The maximum atomic E-state index is 12.8. The van der Waals surface area contributed by atoms with Crippen LogP contribution in [0.15, 0.2) is 48.5 Å². The summed E-state index contributed by atoms with van der Waals surface area (Å²) in [6.07, 6.45) is 2.40. The fraction of sp³-hybridized carbons (Fsp3) is 0.548. The van der Waals surface area contributed by atoms with Gasteiger partial charge in [-0.15, -0.1) is 0 Å². The molecule has 5 rings (SSSR count). The van der Waals surface area contributed by atoms with Crippen molar-refractivity contribution in [1.29, 1.82) is 0 Å². The van der Waals surface area contributed by atoms with Gasteiger partial charge in [0.15, 0.2) is 0 Å². The van der Waals surface area contributed by atoms with Gasteiger partial charge in [0, 0.05) is 67.8 Å².